The van der Waals surface area contributed by atoms with Crippen molar-refractivity contribution in [3.05, 3.63) is 0 Å². The van der Waals surface area contributed by atoms with Crippen molar-refractivity contribution in [2.75, 3.05) is 14.2 Å². The third-order valence-corrected chi connectivity index (χ3v) is 7.87. The minimum Gasteiger partial charge on any atom is -0.352 e. The lowest BCUT2D eigenvalue weighted by Gasteiger charge is -2.71. The molecule has 0 radical (unpaired) electrons. The van der Waals surface area contributed by atoms with Crippen molar-refractivity contribution in [2.24, 2.45) is 27.6 Å². The highest BCUT2D eigenvalue weighted by Crippen LogP contribution is 2.71. The van der Waals surface area contributed by atoms with E-state index in [1.807, 2.05) is 0 Å². The van der Waals surface area contributed by atoms with Gasteiger partial charge in [0, 0.05) is 25.6 Å². The Morgan fingerprint density at radius 2 is 1.00 bits per heavy atom. The second-order valence-corrected chi connectivity index (χ2v) is 8.39. The Kier molecular flexibility index (Phi) is 3.76. The second kappa shape index (κ2) is 4.21. The number of methoxy groups -OCH3 is 2. The van der Waals surface area contributed by atoms with Gasteiger partial charge in [-0.25, -0.2) is 0 Å². The summed E-state index contributed by atoms with van der Waals surface area (Å²) in [6.07, 6.45) is 0. The fraction of sp³-hybridized carbons (Fsp3) is 1.00. The molecule has 19 heavy (non-hydrogen) atoms. The number of ether oxygens (including phenoxy) is 2. The molecule has 0 aromatic carbocycles. The highest BCUT2D eigenvalue weighted by atomic mass is 16.7. The van der Waals surface area contributed by atoms with Crippen molar-refractivity contribution in [1.29, 1.82) is 0 Å². The Hall–Kier alpha value is -0.0800. The molecule has 0 bridgehead atoms. The van der Waals surface area contributed by atoms with Gasteiger partial charge in [0.2, 0.25) is 0 Å². The molecule has 0 heterocycles. The van der Waals surface area contributed by atoms with Crippen LogP contribution in [-0.2, 0) is 9.47 Å². The van der Waals surface area contributed by atoms with E-state index in [-0.39, 0.29) is 21.7 Å². The standard InChI is InChI=1S/C17H34O2/c1-12-13(2,3)14(4,5)15(6,7)16(8,9)17(12,18-10)19-11/h12H,1-11H3. The first-order valence-electron chi connectivity index (χ1n) is 7.38. The SMILES string of the molecule is COC1(OC)C(C)C(C)(C)C(C)(C)C(C)(C)C1(C)C. The van der Waals surface area contributed by atoms with Crippen LogP contribution in [0.2, 0.25) is 0 Å². The van der Waals surface area contributed by atoms with Crippen LogP contribution in [0.4, 0.5) is 0 Å². The van der Waals surface area contributed by atoms with Crippen LogP contribution in [-0.4, -0.2) is 20.0 Å². The lowest BCUT2D eigenvalue weighted by Crippen LogP contribution is -2.72. The molecule has 114 valence electrons. The Balaban J connectivity index is 3.66. The van der Waals surface area contributed by atoms with Gasteiger partial charge < -0.3 is 9.47 Å². The first kappa shape index (κ1) is 17.0. The van der Waals surface area contributed by atoms with Gasteiger partial charge in [-0.15, -0.1) is 0 Å². The second-order valence-electron chi connectivity index (χ2n) is 8.39. The van der Waals surface area contributed by atoms with Gasteiger partial charge in [0.15, 0.2) is 5.79 Å². The van der Waals surface area contributed by atoms with Gasteiger partial charge in [0.1, 0.15) is 0 Å². The zero-order chi connectivity index (χ0) is 15.5. The molecule has 0 aromatic rings. The number of rotatable bonds is 2. The van der Waals surface area contributed by atoms with E-state index in [1.54, 1.807) is 14.2 Å². The van der Waals surface area contributed by atoms with Gasteiger partial charge in [-0.2, -0.15) is 0 Å². The molecule has 0 N–H and O–H groups in total. The maximum Gasteiger partial charge on any atom is 0.176 e. The predicted molar refractivity (Wildman–Crippen MR) is 81.0 cm³/mol. The molecule has 0 saturated heterocycles. The van der Waals surface area contributed by atoms with E-state index in [0.717, 1.165) is 0 Å². The normalized spacial score (nSPS) is 33.9. The minimum atomic E-state index is -0.560. The van der Waals surface area contributed by atoms with E-state index in [2.05, 4.69) is 62.3 Å². The van der Waals surface area contributed by atoms with Crippen LogP contribution in [0, 0.1) is 27.6 Å². The molecule has 1 fully saturated rings. The molecular weight excluding hydrogens is 236 g/mol. The summed E-state index contributed by atoms with van der Waals surface area (Å²) in [5, 5.41) is 0. The maximum atomic E-state index is 6.00. The molecule has 1 atom stereocenters. The summed E-state index contributed by atoms with van der Waals surface area (Å²) >= 11 is 0. The summed E-state index contributed by atoms with van der Waals surface area (Å²) in [7, 11) is 3.57. The van der Waals surface area contributed by atoms with Crippen LogP contribution >= 0.6 is 0 Å². The Morgan fingerprint density at radius 3 is 1.32 bits per heavy atom. The molecule has 2 heteroatoms. The van der Waals surface area contributed by atoms with E-state index in [4.69, 9.17) is 9.47 Å². The molecule has 1 aliphatic carbocycles. The van der Waals surface area contributed by atoms with E-state index < -0.39 is 5.79 Å². The van der Waals surface area contributed by atoms with Crippen molar-refractivity contribution < 1.29 is 9.47 Å². The van der Waals surface area contributed by atoms with Crippen molar-refractivity contribution in [1.82, 2.24) is 0 Å². The first-order valence-corrected chi connectivity index (χ1v) is 7.38. The van der Waals surface area contributed by atoms with Crippen LogP contribution in [0.5, 0.6) is 0 Å². The van der Waals surface area contributed by atoms with Gasteiger partial charge >= 0.3 is 0 Å². The summed E-state index contributed by atoms with van der Waals surface area (Å²) in [6, 6.07) is 0. The van der Waals surface area contributed by atoms with Crippen molar-refractivity contribution in [3.8, 4) is 0 Å². The van der Waals surface area contributed by atoms with Gasteiger partial charge in [-0.05, 0) is 16.2 Å². The van der Waals surface area contributed by atoms with Crippen LogP contribution in [0.25, 0.3) is 0 Å². The smallest absolute Gasteiger partial charge is 0.176 e. The summed E-state index contributed by atoms with van der Waals surface area (Å²) < 4.78 is 12.0. The van der Waals surface area contributed by atoms with Gasteiger partial charge in [0.25, 0.3) is 0 Å². The van der Waals surface area contributed by atoms with Crippen molar-refractivity contribution in [3.63, 3.8) is 0 Å². The monoisotopic (exact) mass is 270 g/mol. The van der Waals surface area contributed by atoms with E-state index in [1.165, 1.54) is 0 Å². The molecule has 0 aliphatic heterocycles. The predicted octanol–water partition coefficient (Wildman–Crippen LogP) is 4.73. The first-order chi connectivity index (χ1) is 8.28. The highest BCUT2D eigenvalue weighted by molar-refractivity contribution is 5.16. The average molecular weight is 270 g/mol. The quantitative estimate of drug-likeness (QED) is 0.675. The van der Waals surface area contributed by atoms with Crippen molar-refractivity contribution in [2.45, 2.75) is 68.1 Å². The Morgan fingerprint density at radius 1 is 0.632 bits per heavy atom. The van der Waals surface area contributed by atoms with Crippen LogP contribution in [0.1, 0.15) is 62.3 Å². The summed E-state index contributed by atoms with van der Waals surface area (Å²) in [5.41, 5.74) is 0.255. The fourth-order valence-electron chi connectivity index (χ4n) is 4.53. The minimum absolute atomic E-state index is 0.0715. The topological polar surface area (TPSA) is 18.5 Å². The van der Waals surface area contributed by atoms with Crippen LogP contribution in [0.3, 0.4) is 0 Å². The molecule has 2 nitrogen and oxygen atoms in total. The zero-order valence-corrected chi connectivity index (χ0v) is 14.9. The molecule has 0 aromatic heterocycles. The summed E-state index contributed by atoms with van der Waals surface area (Å²) in [6.45, 7) is 21.0. The largest absolute Gasteiger partial charge is 0.352 e. The number of hydrogen-bond acceptors (Lipinski definition) is 2. The molecule has 1 rings (SSSR count). The lowest BCUT2D eigenvalue weighted by atomic mass is 9.37. The molecule has 0 amide bonds. The van der Waals surface area contributed by atoms with Crippen LogP contribution < -0.4 is 0 Å². The Bertz CT molecular complexity index is 346. The molecule has 1 aliphatic rings. The average Bonchev–Trinajstić information content (AvgIpc) is 2.28. The van der Waals surface area contributed by atoms with E-state index >= 15 is 0 Å². The molecule has 1 saturated carbocycles. The Labute approximate surface area is 120 Å². The molecule has 1 unspecified atom stereocenters. The van der Waals surface area contributed by atoms with Gasteiger partial charge in [-0.3, -0.25) is 0 Å². The molecular formula is C17H34O2. The van der Waals surface area contributed by atoms with E-state index in [0.29, 0.717) is 5.92 Å². The van der Waals surface area contributed by atoms with Gasteiger partial charge in [0.05, 0.1) is 0 Å². The van der Waals surface area contributed by atoms with E-state index in [9.17, 15) is 0 Å². The number of hydrogen-bond donors (Lipinski definition) is 0. The molecule has 0 spiro atoms. The summed E-state index contributed by atoms with van der Waals surface area (Å²) in [5.74, 6) is -0.261. The fourth-order valence-corrected chi connectivity index (χ4v) is 4.53. The lowest BCUT2D eigenvalue weighted by molar-refractivity contribution is -0.386. The maximum absolute atomic E-state index is 6.00. The summed E-state index contributed by atoms with van der Waals surface area (Å²) in [4.78, 5) is 0. The third-order valence-electron chi connectivity index (χ3n) is 7.87. The highest BCUT2D eigenvalue weighted by Gasteiger charge is 2.71. The van der Waals surface area contributed by atoms with Crippen molar-refractivity contribution >= 4 is 0 Å². The third kappa shape index (κ3) is 1.56. The van der Waals surface area contributed by atoms with Crippen LogP contribution in [0.15, 0.2) is 0 Å². The van der Waals surface area contributed by atoms with Gasteiger partial charge in [-0.1, -0.05) is 62.3 Å². The zero-order valence-electron chi connectivity index (χ0n) is 14.9.